The minimum atomic E-state index is -1.12. The second-order valence-corrected chi connectivity index (χ2v) is 4.34. The topological polar surface area (TPSA) is 89.9 Å². The summed E-state index contributed by atoms with van der Waals surface area (Å²) in [4.78, 5) is 24.7. The standard InChI is InChI=1S/C14H20N2O4/c1-2-8-16(9-10-17)14(20)15-12(13(18)19)11-6-4-3-5-7-11/h3-7,12,17H,2,8-10H2,1H3,(H,15,20)(H,18,19). The Balaban J connectivity index is 2.80. The zero-order chi connectivity index (χ0) is 15.0. The van der Waals surface area contributed by atoms with Crippen molar-refractivity contribution >= 4 is 12.0 Å². The van der Waals surface area contributed by atoms with Crippen LogP contribution >= 0.6 is 0 Å². The summed E-state index contributed by atoms with van der Waals surface area (Å²) in [6, 6.07) is 6.92. The number of carboxylic acid groups (broad SMARTS) is 1. The van der Waals surface area contributed by atoms with E-state index in [9.17, 15) is 14.7 Å². The lowest BCUT2D eigenvalue weighted by Crippen LogP contribution is -2.45. The van der Waals surface area contributed by atoms with Crippen LogP contribution in [0.4, 0.5) is 4.79 Å². The molecule has 1 aromatic rings. The van der Waals surface area contributed by atoms with Crippen LogP contribution in [0.1, 0.15) is 24.9 Å². The molecular weight excluding hydrogens is 260 g/mol. The molecule has 1 unspecified atom stereocenters. The third-order valence-electron chi connectivity index (χ3n) is 2.80. The first-order chi connectivity index (χ1) is 9.60. The van der Waals surface area contributed by atoms with Gasteiger partial charge in [-0.2, -0.15) is 0 Å². The Bertz CT molecular complexity index is 430. The SMILES string of the molecule is CCCN(CCO)C(=O)NC(C(=O)O)c1ccccc1. The summed E-state index contributed by atoms with van der Waals surface area (Å²) in [5.41, 5.74) is 0.508. The number of aliphatic hydroxyl groups excluding tert-OH is 1. The van der Waals surface area contributed by atoms with Crippen molar-refractivity contribution in [2.45, 2.75) is 19.4 Å². The highest BCUT2D eigenvalue weighted by Crippen LogP contribution is 2.13. The number of nitrogens with one attached hydrogen (secondary N) is 1. The molecule has 3 N–H and O–H groups in total. The molecule has 0 saturated carbocycles. The molecule has 0 radical (unpaired) electrons. The molecule has 0 aliphatic rings. The summed E-state index contributed by atoms with van der Waals surface area (Å²) >= 11 is 0. The number of aliphatic carboxylic acids is 1. The third kappa shape index (κ3) is 4.55. The lowest BCUT2D eigenvalue weighted by molar-refractivity contribution is -0.139. The fourth-order valence-corrected chi connectivity index (χ4v) is 1.85. The average Bonchev–Trinajstić information content (AvgIpc) is 2.45. The smallest absolute Gasteiger partial charge is 0.330 e. The summed E-state index contributed by atoms with van der Waals surface area (Å²) in [5.74, 6) is -1.12. The number of carboxylic acids is 1. The Morgan fingerprint density at radius 3 is 2.40 bits per heavy atom. The Morgan fingerprint density at radius 1 is 1.25 bits per heavy atom. The van der Waals surface area contributed by atoms with E-state index in [0.29, 0.717) is 12.1 Å². The van der Waals surface area contributed by atoms with E-state index in [4.69, 9.17) is 5.11 Å². The van der Waals surface area contributed by atoms with E-state index in [2.05, 4.69) is 5.32 Å². The van der Waals surface area contributed by atoms with Crippen molar-refractivity contribution in [2.75, 3.05) is 19.7 Å². The second kappa shape index (κ2) is 8.16. The number of urea groups is 1. The maximum absolute atomic E-state index is 12.1. The molecule has 6 nitrogen and oxygen atoms in total. The molecule has 1 rings (SSSR count). The van der Waals surface area contributed by atoms with Crippen molar-refractivity contribution in [3.05, 3.63) is 35.9 Å². The Labute approximate surface area is 118 Å². The quantitative estimate of drug-likeness (QED) is 0.700. The lowest BCUT2D eigenvalue weighted by atomic mass is 10.1. The van der Waals surface area contributed by atoms with Crippen LogP contribution in [0.25, 0.3) is 0 Å². The van der Waals surface area contributed by atoms with Gasteiger partial charge in [-0.1, -0.05) is 37.3 Å². The van der Waals surface area contributed by atoms with Gasteiger partial charge in [-0.15, -0.1) is 0 Å². The highest BCUT2D eigenvalue weighted by Gasteiger charge is 2.24. The van der Waals surface area contributed by atoms with Gasteiger partial charge in [-0.25, -0.2) is 9.59 Å². The number of hydrogen-bond donors (Lipinski definition) is 3. The molecule has 0 spiro atoms. The van der Waals surface area contributed by atoms with Gasteiger partial charge in [0.25, 0.3) is 0 Å². The van der Waals surface area contributed by atoms with E-state index in [1.54, 1.807) is 30.3 Å². The Morgan fingerprint density at radius 2 is 1.90 bits per heavy atom. The molecule has 1 atom stereocenters. The van der Waals surface area contributed by atoms with E-state index in [1.165, 1.54) is 4.90 Å². The van der Waals surface area contributed by atoms with Gasteiger partial charge in [0.05, 0.1) is 6.61 Å². The van der Waals surface area contributed by atoms with Gasteiger partial charge in [0.2, 0.25) is 0 Å². The molecule has 0 heterocycles. The van der Waals surface area contributed by atoms with Gasteiger partial charge in [0.15, 0.2) is 6.04 Å². The fraction of sp³-hybridized carbons (Fsp3) is 0.429. The molecule has 20 heavy (non-hydrogen) atoms. The summed E-state index contributed by atoms with van der Waals surface area (Å²) < 4.78 is 0. The Hall–Kier alpha value is -2.08. The van der Waals surface area contributed by atoms with Crippen LogP contribution in [0.15, 0.2) is 30.3 Å². The molecule has 0 fully saturated rings. The maximum Gasteiger partial charge on any atom is 0.330 e. The van der Waals surface area contributed by atoms with E-state index < -0.39 is 18.0 Å². The lowest BCUT2D eigenvalue weighted by Gasteiger charge is -2.24. The predicted octanol–water partition coefficient (Wildman–Crippen LogP) is 1.23. The van der Waals surface area contributed by atoms with Crippen molar-refractivity contribution in [3.63, 3.8) is 0 Å². The highest BCUT2D eigenvalue weighted by molar-refractivity contribution is 5.83. The van der Waals surface area contributed by atoms with Crippen molar-refractivity contribution in [3.8, 4) is 0 Å². The summed E-state index contributed by atoms with van der Waals surface area (Å²) in [6.07, 6.45) is 0.733. The van der Waals surface area contributed by atoms with Crippen LogP contribution in [0, 0.1) is 0 Å². The van der Waals surface area contributed by atoms with Crippen molar-refractivity contribution in [2.24, 2.45) is 0 Å². The molecule has 0 aromatic heterocycles. The van der Waals surface area contributed by atoms with E-state index in [-0.39, 0.29) is 13.2 Å². The number of nitrogens with zero attached hydrogens (tertiary/aromatic N) is 1. The van der Waals surface area contributed by atoms with Crippen molar-refractivity contribution in [1.29, 1.82) is 0 Å². The maximum atomic E-state index is 12.1. The molecule has 0 aliphatic heterocycles. The van der Waals surface area contributed by atoms with E-state index >= 15 is 0 Å². The van der Waals surface area contributed by atoms with Gasteiger partial charge in [0, 0.05) is 13.1 Å². The summed E-state index contributed by atoms with van der Waals surface area (Å²) in [7, 11) is 0. The van der Waals surface area contributed by atoms with Crippen LogP contribution < -0.4 is 5.32 Å². The second-order valence-electron chi connectivity index (χ2n) is 4.34. The molecule has 0 aliphatic carbocycles. The number of aliphatic hydroxyl groups is 1. The molecule has 110 valence electrons. The summed E-state index contributed by atoms with van der Waals surface area (Å²) in [5, 5.41) is 20.6. The fourth-order valence-electron chi connectivity index (χ4n) is 1.85. The minimum Gasteiger partial charge on any atom is -0.479 e. The third-order valence-corrected chi connectivity index (χ3v) is 2.80. The first-order valence-electron chi connectivity index (χ1n) is 6.54. The van der Waals surface area contributed by atoms with Crippen LogP contribution in [0.5, 0.6) is 0 Å². The van der Waals surface area contributed by atoms with Crippen LogP contribution in [0.2, 0.25) is 0 Å². The average molecular weight is 280 g/mol. The number of carbonyl (C=O) groups is 2. The van der Waals surface area contributed by atoms with Crippen molar-refractivity contribution in [1.82, 2.24) is 10.2 Å². The van der Waals surface area contributed by atoms with E-state index in [0.717, 1.165) is 6.42 Å². The first-order valence-corrected chi connectivity index (χ1v) is 6.54. The summed E-state index contributed by atoms with van der Waals surface area (Å²) in [6.45, 7) is 2.40. The van der Waals surface area contributed by atoms with Gasteiger partial charge >= 0.3 is 12.0 Å². The number of amides is 2. The van der Waals surface area contributed by atoms with Gasteiger partial charge in [-0.05, 0) is 12.0 Å². The first kappa shape index (κ1) is 16.0. The van der Waals surface area contributed by atoms with Crippen LogP contribution in [0.3, 0.4) is 0 Å². The Kier molecular flexibility index (Phi) is 6.52. The molecule has 6 heteroatoms. The molecule has 0 bridgehead atoms. The highest BCUT2D eigenvalue weighted by atomic mass is 16.4. The normalized spacial score (nSPS) is 11.7. The molecule has 2 amide bonds. The van der Waals surface area contributed by atoms with Crippen LogP contribution in [-0.2, 0) is 4.79 Å². The van der Waals surface area contributed by atoms with Gasteiger partial charge in [-0.3, -0.25) is 0 Å². The molecule has 1 aromatic carbocycles. The predicted molar refractivity (Wildman–Crippen MR) is 74.3 cm³/mol. The molecule has 0 saturated heterocycles. The van der Waals surface area contributed by atoms with Gasteiger partial charge in [0.1, 0.15) is 0 Å². The number of hydrogen-bond acceptors (Lipinski definition) is 3. The zero-order valence-corrected chi connectivity index (χ0v) is 11.5. The van der Waals surface area contributed by atoms with Gasteiger partial charge < -0.3 is 20.4 Å². The number of rotatable bonds is 7. The molecular formula is C14H20N2O4. The van der Waals surface area contributed by atoms with Crippen molar-refractivity contribution < 1.29 is 19.8 Å². The zero-order valence-electron chi connectivity index (χ0n) is 11.5. The number of benzene rings is 1. The van der Waals surface area contributed by atoms with E-state index in [1.807, 2.05) is 6.92 Å². The largest absolute Gasteiger partial charge is 0.479 e. The minimum absolute atomic E-state index is 0.156. The number of carbonyl (C=O) groups excluding carboxylic acids is 1. The monoisotopic (exact) mass is 280 g/mol. The van der Waals surface area contributed by atoms with Crippen LogP contribution in [-0.4, -0.2) is 46.8 Å².